The molecule has 3 heterocycles. The summed E-state index contributed by atoms with van der Waals surface area (Å²) in [7, 11) is 0. The molecule has 0 amide bonds. The van der Waals surface area contributed by atoms with Crippen molar-refractivity contribution in [2.45, 2.75) is 19.4 Å². The second-order valence-electron chi connectivity index (χ2n) is 7.13. The fourth-order valence-corrected chi connectivity index (χ4v) is 4.46. The number of hydrogen-bond acceptors (Lipinski definition) is 6. The summed E-state index contributed by atoms with van der Waals surface area (Å²) >= 11 is 1.82. The first-order chi connectivity index (χ1) is 13.9. The van der Waals surface area contributed by atoms with E-state index >= 15 is 0 Å². The quantitative estimate of drug-likeness (QED) is 0.218. The summed E-state index contributed by atoms with van der Waals surface area (Å²) in [6, 6.07) is 4.68. The van der Waals surface area contributed by atoms with Crippen molar-refractivity contribution in [1.29, 1.82) is 0 Å². The molecule has 2 saturated heterocycles. The van der Waals surface area contributed by atoms with Crippen LogP contribution in [0.3, 0.4) is 0 Å². The fourth-order valence-electron chi connectivity index (χ4n) is 3.61. The van der Waals surface area contributed by atoms with Gasteiger partial charge in [-0.3, -0.25) is 14.8 Å². The molecule has 7 nitrogen and oxygen atoms in total. The molecule has 2 aliphatic rings. The molecular formula is C20H36IN5O2S. The van der Waals surface area contributed by atoms with E-state index in [-0.39, 0.29) is 24.0 Å². The fraction of sp³-hybridized carbons (Fsp3) is 0.750. The zero-order valence-corrected chi connectivity index (χ0v) is 20.6. The van der Waals surface area contributed by atoms with Crippen LogP contribution in [-0.4, -0.2) is 94.5 Å². The van der Waals surface area contributed by atoms with Gasteiger partial charge in [-0.1, -0.05) is 6.07 Å². The standard InChI is InChI=1S/C20H35N5O2S.HI/c1-2-21-20(22-6-4-7-24-8-12-26-13-9-24)23-17-18(19-5-3-16-28-19)25-10-14-27-15-11-25;/h3,5,16,18H,2,4,6-15,17H2,1H3,(H2,21,22,23);1H. The maximum absolute atomic E-state index is 5.54. The number of ether oxygens (including phenoxy) is 2. The molecule has 0 saturated carbocycles. The van der Waals surface area contributed by atoms with Crippen LogP contribution < -0.4 is 10.6 Å². The average molecular weight is 538 g/mol. The Labute approximate surface area is 196 Å². The molecule has 0 radical (unpaired) electrons. The van der Waals surface area contributed by atoms with Crippen LogP contribution in [0.2, 0.25) is 0 Å². The highest BCUT2D eigenvalue weighted by Gasteiger charge is 2.23. The lowest BCUT2D eigenvalue weighted by molar-refractivity contribution is 0.0186. The van der Waals surface area contributed by atoms with E-state index in [0.717, 1.165) is 91.2 Å². The Hall–Kier alpha value is -0.460. The zero-order valence-electron chi connectivity index (χ0n) is 17.5. The average Bonchev–Trinajstić information content (AvgIpc) is 3.27. The molecule has 29 heavy (non-hydrogen) atoms. The van der Waals surface area contributed by atoms with Crippen molar-refractivity contribution in [3.8, 4) is 0 Å². The third kappa shape index (κ3) is 8.66. The monoisotopic (exact) mass is 537 g/mol. The van der Waals surface area contributed by atoms with E-state index in [0.29, 0.717) is 6.04 Å². The minimum Gasteiger partial charge on any atom is -0.379 e. The molecule has 166 valence electrons. The Balaban J connectivity index is 0.00000300. The Morgan fingerprint density at radius 3 is 2.52 bits per heavy atom. The summed E-state index contributed by atoms with van der Waals surface area (Å²) in [5, 5.41) is 9.05. The molecule has 1 aromatic rings. The van der Waals surface area contributed by atoms with Crippen LogP contribution in [0.25, 0.3) is 0 Å². The third-order valence-electron chi connectivity index (χ3n) is 5.17. The van der Waals surface area contributed by atoms with Crippen molar-refractivity contribution in [3.05, 3.63) is 22.4 Å². The molecular weight excluding hydrogens is 501 g/mol. The molecule has 1 aromatic heterocycles. The Morgan fingerprint density at radius 1 is 1.14 bits per heavy atom. The molecule has 1 unspecified atom stereocenters. The van der Waals surface area contributed by atoms with Crippen molar-refractivity contribution in [2.24, 2.45) is 4.99 Å². The van der Waals surface area contributed by atoms with Gasteiger partial charge < -0.3 is 20.1 Å². The SMILES string of the molecule is CCNC(=NCC(c1cccs1)N1CCOCC1)NCCCN1CCOCC1.I. The van der Waals surface area contributed by atoms with Crippen LogP contribution in [-0.2, 0) is 9.47 Å². The molecule has 2 aliphatic heterocycles. The summed E-state index contributed by atoms with van der Waals surface area (Å²) in [6.45, 7) is 13.2. The van der Waals surface area contributed by atoms with Crippen molar-refractivity contribution >= 4 is 41.3 Å². The summed E-state index contributed by atoms with van der Waals surface area (Å²) in [6.07, 6.45) is 1.11. The van der Waals surface area contributed by atoms with E-state index in [4.69, 9.17) is 14.5 Å². The first-order valence-corrected chi connectivity index (χ1v) is 11.4. The minimum absolute atomic E-state index is 0. The summed E-state index contributed by atoms with van der Waals surface area (Å²) in [5.74, 6) is 0.916. The second kappa shape index (κ2) is 14.5. The van der Waals surface area contributed by atoms with Crippen LogP contribution in [0.5, 0.6) is 0 Å². The van der Waals surface area contributed by atoms with Gasteiger partial charge in [0, 0.05) is 44.1 Å². The zero-order chi connectivity index (χ0) is 19.4. The first kappa shape index (κ1) is 24.8. The maximum Gasteiger partial charge on any atom is 0.191 e. The molecule has 0 spiro atoms. The number of aliphatic imine (C=N–C) groups is 1. The lowest BCUT2D eigenvalue weighted by Gasteiger charge is -2.33. The lowest BCUT2D eigenvalue weighted by atomic mass is 10.2. The maximum atomic E-state index is 5.54. The highest BCUT2D eigenvalue weighted by atomic mass is 127. The van der Waals surface area contributed by atoms with Gasteiger partial charge in [0.2, 0.25) is 0 Å². The van der Waals surface area contributed by atoms with Crippen molar-refractivity contribution in [1.82, 2.24) is 20.4 Å². The predicted octanol–water partition coefficient (Wildman–Crippen LogP) is 2.02. The molecule has 0 aliphatic carbocycles. The number of nitrogens with one attached hydrogen (secondary N) is 2. The molecule has 1 atom stereocenters. The number of rotatable bonds is 9. The van der Waals surface area contributed by atoms with Crippen molar-refractivity contribution < 1.29 is 9.47 Å². The van der Waals surface area contributed by atoms with Gasteiger partial charge in [0.25, 0.3) is 0 Å². The molecule has 0 aromatic carbocycles. The Morgan fingerprint density at radius 2 is 1.86 bits per heavy atom. The van der Waals surface area contributed by atoms with E-state index in [1.165, 1.54) is 4.88 Å². The van der Waals surface area contributed by atoms with E-state index in [9.17, 15) is 0 Å². The van der Waals surface area contributed by atoms with E-state index in [1.807, 2.05) is 11.3 Å². The summed E-state index contributed by atoms with van der Waals surface area (Å²) < 4.78 is 11.0. The number of thiophene rings is 1. The van der Waals surface area contributed by atoms with Gasteiger partial charge in [-0.25, -0.2) is 0 Å². The van der Waals surface area contributed by atoms with Gasteiger partial charge in [-0.05, 0) is 31.3 Å². The van der Waals surface area contributed by atoms with E-state index < -0.39 is 0 Å². The number of halogens is 1. The van der Waals surface area contributed by atoms with E-state index in [2.05, 4.69) is 44.9 Å². The minimum atomic E-state index is 0. The predicted molar refractivity (Wildman–Crippen MR) is 131 cm³/mol. The van der Waals surface area contributed by atoms with Gasteiger partial charge in [-0.15, -0.1) is 35.3 Å². The second-order valence-corrected chi connectivity index (χ2v) is 8.11. The molecule has 2 N–H and O–H groups in total. The highest BCUT2D eigenvalue weighted by molar-refractivity contribution is 14.0. The number of nitrogens with zero attached hydrogens (tertiary/aromatic N) is 3. The van der Waals surface area contributed by atoms with Gasteiger partial charge in [0.05, 0.1) is 39.0 Å². The summed E-state index contributed by atoms with van der Waals surface area (Å²) in [4.78, 5) is 11.3. The van der Waals surface area contributed by atoms with Gasteiger partial charge >= 0.3 is 0 Å². The topological polar surface area (TPSA) is 61.4 Å². The van der Waals surface area contributed by atoms with Gasteiger partial charge in [-0.2, -0.15) is 0 Å². The largest absolute Gasteiger partial charge is 0.379 e. The first-order valence-electron chi connectivity index (χ1n) is 10.5. The van der Waals surface area contributed by atoms with Crippen LogP contribution in [0, 0.1) is 0 Å². The molecule has 9 heteroatoms. The lowest BCUT2D eigenvalue weighted by Crippen LogP contribution is -2.42. The third-order valence-corrected chi connectivity index (χ3v) is 6.15. The van der Waals surface area contributed by atoms with Crippen LogP contribution in [0.4, 0.5) is 0 Å². The van der Waals surface area contributed by atoms with Crippen LogP contribution in [0.1, 0.15) is 24.3 Å². The molecule has 0 bridgehead atoms. The van der Waals surface area contributed by atoms with Crippen LogP contribution >= 0.6 is 35.3 Å². The molecule has 3 rings (SSSR count). The van der Waals surface area contributed by atoms with E-state index in [1.54, 1.807) is 0 Å². The molecule has 2 fully saturated rings. The van der Waals surface area contributed by atoms with Crippen molar-refractivity contribution in [3.63, 3.8) is 0 Å². The number of morpholine rings is 2. The number of hydrogen-bond donors (Lipinski definition) is 2. The smallest absolute Gasteiger partial charge is 0.191 e. The highest BCUT2D eigenvalue weighted by Crippen LogP contribution is 2.26. The normalized spacial score (nSPS) is 20.1. The van der Waals surface area contributed by atoms with Gasteiger partial charge in [0.1, 0.15) is 0 Å². The van der Waals surface area contributed by atoms with Gasteiger partial charge in [0.15, 0.2) is 5.96 Å². The van der Waals surface area contributed by atoms with Crippen molar-refractivity contribution in [2.75, 3.05) is 78.8 Å². The number of guanidine groups is 1. The van der Waals surface area contributed by atoms with Crippen LogP contribution in [0.15, 0.2) is 22.5 Å². The summed E-state index contributed by atoms with van der Waals surface area (Å²) in [5.41, 5.74) is 0. The Bertz CT molecular complexity index is 563. The Kier molecular flexibility index (Phi) is 12.4.